The first kappa shape index (κ1) is 21.1. The minimum atomic E-state index is -0.219. The lowest BCUT2D eigenvalue weighted by atomic mass is 9.82. The zero-order chi connectivity index (χ0) is 21.6. The maximum absolute atomic E-state index is 9.41. The van der Waals surface area contributed by atoms with Crippen molar-refractivity contribution >= 4 is 17.9 Å². The van der Waals surface area contributed by atoms with Crippen molar-refractivity contribution in [1.29, 1.82) is 21.3 Å². The Morgan fingerprint density at radius 1 is 1.40 bits per heavy atom. The van der Waals surface area contributed by atoms with Gasteiger partial charge in [0.15, 0.2) is 5.49 Å². The van der Waals surface area contributed by atoms with E-state index in [9.17, 15) is 5.26 Å². The third kappa shape index (κ3) is 4.34. The van der Waals surface area contributed by atoms with Crippen LogP contribution in [0.25, 0.3) is 0 Å². The molecule has 1 aromatic heterocycles. The lowest BCUT2D eigenvalue weighted by Crippen LogP contribution is -2.71. The van der Waals surface area contributed by atoms with Crippen LogP contribution < -0.4 is 21.4 Å². The molecule has 10 heteroatoms. The van der Waals surface area contributed by atoms with Crippen molar-refractivity contribution < 1.29 is 0 Å². The molecule has 1 aromatic rings. The second kappa shape index (κ2) is 9.25. The molecule has 2 fully saturated rings. The number of aromatic amines is 1. The van der Waals surface area contributed by atoms with E-state index in [2.05, 4.69) is 37.2 Å². The van der Waals surface area contributed by atoms with E-state index in [1.807, 2.05) is 12.1 Å². The molecule has 0 unspecified atom stereocenters. The quantitative estimate of drug-likeness (QED) is 0.354. The van der Waals surface area contributed by atoms with Crippen LogP contribution in [-0.2, 0) is 0 Å². The Morgan fingerprint density at radius 2 is 2.13 bits per heavy atom. The van der Waals surface area contributed by atoms with Crippen LogP contribution in [-0.4, -0.2) is 53.8 Å². The number of rotatable bonds is 5. The van der Waals surface area contributed by atoms with Crippen molar-refractivity contribution in [2.24, 2.45) is 16.6 Å². The Labute approximate surface area is 175 Å². The highest BCUT2D eigenvalue weighted by atomic mass is 15.4. The number of aromatic nitrogens is 1. The van der Waals surface area contributed by atoms with Crippen LogP contribution >= 0.6 is 0 Å². The first-order valence-corrected chi connectivity index (χ1v) is 9.82. The van der Waals surface area contributed by atoms with Crippen molar-refractivity contribution in [2.75, 3.05) is 31.1 Å². The summed E-state index contributed by atoms with van der Waals surface area (Å²) in [5, 5.41) is 36.5. The van der Waals surface area contributed by atoms with E-state index in [0.29, 0.717) is 25.0 Å². The zero-order valence-electron chi connectivity index (χ0n) is 16.7. The first-order valence-electron chi connectivity index (χ1n) is 9.82. The van der Waals surface area contributed by atoms with Crippen molar-refractivity contribution in [1.82, 2.24) is 15.2 Å². The first-order chi connectivity index (χ1) is 14.5. The Bertz CT molecular complexity index is 962. The third-order valence-corrected chi connectivity index (χ3v) is 5.70. The van der Waals surface area contributed by atoms with E-state index in [4.69, 9.17) is 21.8 Å². The molecular formula is C20H26N10. The largest absolute Gasteiger partial charge is 0.403 e. The fraction of sp³-hybridized carbons (Fsp3) is 0.450. The standard InChI is InChI=1S/C20H26N10/c21-6-5-20(30-8-3-15(10-22)4-9-30)13-29(14-20)17-2-1-7-26-18(17)28-19(25)27-16(11-23)12-24/h1-2,7,11-12,15,23H,3-5,8-9,13-14,24H2,(H3,25,26,27,28)/b16-12+,23-11?. The fourth-order valence-electron chi connectivity index (χ4n) is 4.05. The van der Waals surface area contributed by atoms with Gasteiger partial charge in [0.1, 0.15) is 0 Å². The minimum Gasteiger partial charge on any atom is -0.403 e. The highest BCUT2D eigenvalue weighted by Gasteiger charge is 2.48. The number of hydrogen-bond donors (Lipinski definition) is 5. The van der Waals surface area contributed by atoms with Gasteiger partial charge < -0.3 is 26.3 Å². The summed E-state index contributed by atoms with van der Waals surface area (Å²) >= 11 is 0. The summed E-state index contributed by atoms with van der Waals surface area (Å²) in [5.41, 5.74) is 6.82. The summed E-state index contributed by atoms with van der Waals surface area (Å²) in [4.78, 5) is 11.9. The van der Waals surface area contributed by atoms with Gasteiger partial charge in [-0.2, -0.15) is 15.5 Å². The van der Waals surface area contributed by atoms with E-state index in [-0.39, 0.29) is 23.1 Å². The summed E-state index contributed by atoms with van der Waals surface area (Å²) in [6.07, 6.45) is 6.08. The third-order valence-electron chi connectivity index (χ3n) is 5.70. The molecule has 0 atom stereocenters. The maximum Gasteiger partial charge on any atom is 0.221 e. The number of hydrogen-bond acceptors (Lipinski definition) is 7. The second-order valence-corrected chi connectivity index (χ2v) is 7.56. The van der Waals surface area contributed by atoms with E-state index in [1.165, 1.54) is 6.20 Å². The molecule has 30 heavy (non-hydrogen) atoms. The number of H-pyrrole nitrogens is 1. The number of piperidine rings is 1. The Hall–Kier alpha value is -3.63. The van der Waals surface area contributed by atoms with Gasteiger partial charge in [0.05, 0.1) is 35.5 Å². The summed E-state index contributed by atoms with van der Waals surface area (Å²) < 4.78 is 0. The van der Waals surface area contributed by atoms with Crippen LogP contribution in [0.2, 0.25) is 0 Å². The van der Waals surface area contributed by atoms with Crippen LogP contribution in [0.15, 0.2) is 35.2 Å². The predicted octanol–water partition coefficient (Wildman–Crippen LogP) is 0.598. The van der Waals surface area contributed by atoms with Gasteiger partial charge in [0, 0.05) is 50.7 Å². The maximum atomic E-state index is 9.41. The molecule has 0 spiro atoms. The van der Waals surface area contributed by atoms with Gasteiger partial charge in [-0.3, -0.25) is 10.3 Å². The molecule has 10 nitrogen and oxygen atoms in total. The lowest BCUT2D eigenvalue weighted by Gasteiger charge is -2.57. The number of nitrogens with two attached hydrogens (primary N) is 1. The van der Waals surface area contributed by atoms with Gasteiger partial charge in [-0.15, -0.1) is 0 Å². The number of anilines is 1. The summed E-state index contributed by atoms with van der Waals surface area (Å²) in [5.74, 6) is -0.0288. The van der Waals surface area contributed by atoms with Gasteiger partial charge in [0.25, 0.3) is 0 Å². The molecule has 156 valence electrons. The zero-order valence-corrected chi connectivity index (χ0v) is 16.7. The summed E-state index contributed by atoms with van der Waals surface area (Å²) in [6.45, 7) is 3.04. The summed E-state index contributed by atoms with van der Waals surface area (Å²) in [6, 6.07) is 8.49. The number of allylic oxidation sites excluding steroid dienone is 1. The fourth-order valence-corrected chi connectivity index (χ4v) is 4.05. The van der Waals surface area contributed by atoms with Crippen molar-refractivity contribution in [2.45, 2.75) is 24.8 Å². The Morgan fingerprint density at radius 3 is 2.73 bits per heavy atom. The Balaban J connectivity index is 1.76. The molecule has 0 aliphatic carbocycles. The Kier molecular flexibility index (Phi) is 6.50. The van der Waals surface area contributed by atoms with Crippen molar-refractivity contribution in [3.05, 3.63) is 35.7 Å². The molecule has 0 bridgehead atoms. The number of nitrogens with one attached hydrogen (secondary N) is 4. The summed E-state index contributed by atoms with van der Waals surface area (Å²) in [7, 11) is 0. The van der Waals surface area contributed by atoms with Gasteiger partial charge in [0.2, 0.25) is 5.96 Å². The average Bonchev–Trinajstić information content (AvgIpc) is 2.75. The lowest BCUT2D eigenvalue weighted by molar-refractivity contribution is 0.0364. The van der Waals surface area contributed by atoms with Gasteiger partial charge in [-0.05, 0) is 25.0 Å². The van der Waals surface area contributed by atoms with Crippen LogP contribution in [0.5, 0.6) is 0 Å². The molecule has 3 heterocycles. The number of guanidine groups is 1. The molecule has 0 aromatic carbocycles. The molecule has 2 saturated heterocycles. The number of nitrogens with zero attached hydrogens (tertiary/aromatic N) is 5. The predicted molar refractivity (Wildman–Crippen MR) is 113 cm³/mol. The molecule has 2 aliphatic rings. The molecule has 6 N–H and O–H groups in total. The van der Waals surface area contributed by atoms with E-state index in [0.717, 1.165) is 37.8 Å². The number of pyridine rings is 1. The molecular weight excluding hydrogens is 380 g/mol. The van der Waals surface area contributed by atoms with Crippen molar-refractivity contribution in [3.63, 3.8) is 0 Å². The van der Waals surface area contributed by atoms with Gasteiger partial charge >= 0.3 is 0 Å². The molecule has 2 aliphatic heterocycles. The van der Waals surface area contributed by atoms with Crippen molar-refractivity contribution in [3.8, 4) is 12.1 Å². The van der Waals surface area contributed by atoms with Gasteiger partial charge in [-0.1, -0.05) is 0 Å². The SMILES string of the molecule is N#CCC1(N2CCC(C#N)CC2)CN(c2ccc[nH]/c2=N\C(=N)N/C(C=N)=C/N)C1. The van der Waals surface area contributed by atoms with E-state index in [1.54, 1.807) is 6.20 Å². The number of nitriles is 2. The average molecular weight is 406 g/mol. The highest BCUT2D eigenvalue weighted by molar-refractivity contribution is 5.87. The molecule has 0 amide bonds. The van der Waals surface area contributed by atoms with Gasteiger partial charge in [-0.25, -0.2) is 0 Å². The monoisotopic (exact) mass is 406 g/mol. The smallest absolute Gasteiger partial charge is 0.221 e. The van der Waals surface area contributed by atoms with Crippen LogP contribution in [0.4, 0.5) is 5.69 Å². The van der Waals surface area contributed by atoms with E-state index >= 15 is 0 Å². The second-order valence-electron chi connectivity index (χ2n) is 7.56. The minimum absolute atomic E-state index is 0.109. The number of likely N-dealkylation sites (tertiary alicyclic amines) is 1. The highest BCUT2D eigenvalue weighted by Crippen LogP contribution is 2.36. The van der Waals surface area contributed by atoms with E-state index < -0.39 is 0 Å². The molecule has 0 radical (unpaired) electrons. The molecule has 0 saturated carbocycles. The topological polar surface area (TPSA) is 168 Å². The van der Waals surface area contributed by atoms with Crippen LogP contribution in [0.1, 0.15) is 19.3 Å². The normalized spacial score (nSPS) is 20.0. The molecule has 3 rings (SSSR count). The van der Waals surface area contributed by atoms with Crippen LogP contribution in [0, 0.1) is 39.4 Å². The van der Waals surface area contributed by atoms with Crippen LogP contribution in [0.3, 0.4) is 0 Å².